The van der Waals surface area contributed by atoms with Gasteiger partial charge in [-0.1, -0.05) is 30.3 Å². The summed E-state index contributed by atoms with van der Waals surface area (Å²) in [6.07, 6.45) is 1.47. The molecule has 0 spiro atoms. The molecule has 128 valence electrons. The van der Waals surface area contributed by atoms with Crippen LogP contribution in [0.15, 0.2) is 62.7 Å². The quantitative estimate of drug-likeness (QED) is 0.598. The number of halogens is 1. The molecule has 0 saturated carbocycles. The second-order valence-corrected chi connectivity index (χ2v) is 7.74. The van der Waals surface area contributed by atoms with Gasteiger partial charge in [0.1, 0.15) is 0 Å². The first-order chi connectivity index (χ1) is 12.0. The predicted octanol–water partition coefficient (Wildman–Crippen LogP) is 3.07. The molecule has 0 radical (unpaired) electrons. The van der Waals surface area contributed by atoms with Gasteiger partial charge in [-0.2, -0.15) is 0 Å². The lowest BCUT2D eigenvalue weighted by molar-refractivity contribution is 0.0972. The molecule has 0 atom stereocenters. The number of nitrogens with zero attached hydrogens (tertiary/aromatic N) is 2. The predicted molar refractivity (Wildman–Crippen MR) is 102 cm³/mol. The van der Waals surface area contributed by atoms with Crippen LogP contribution in [0.4, 0.5) is 0 Å². The van der Waals surface area contributed by atoms with Crippen LogP contribution >= 0.6 is 27.3 Å². The molecule has 2 aromatic heterocycles. The number of aryl methyl sites for hydroxylation is 1. The third-order valence-electron chi connectivity index (χ3n) is 3.71. The van der Waals surface area contributed by atoms with E-state index < -0.39 is 11.2 Å². The lowest BCUT2D eigenvalue weighted by atomic mass is 10.2. The van der Waals surface area contributed by atoms with Crippen LogP contribution in [-0.2, 0) is 13.1 Å². The van der Waals surface area contributed by atoms with Gasteiger partial charge >= 0.3 is 5.69 Å². The van der Waals surface area contributed by atoms with Crippen LogP contribution in [0.5, 0.6) is 0 Å². The monoisotopic (exact) mass is 418 g/mol. The van der Waals surface area contributed by atoms with Gasteiger partial charge in [0.2, 0.25) is 0 Å². The van der Waals surface area contributed by atoms with Crippen LogP contribution in [-0.4, -0.2) is 14.9 Å². The first-order valence-corrected chi connectivity index (χ1v) is 9.20. The molecule has 0 bridgehead atoms. The van der Waals surface area contributed by atoms with Gasteiger partial charge in [-0.3, -0.25) is 18.7 Å². The first kappa shape index (κ1) is 17.6. The van der Waals surface area contributed by atoms with Gasteiger partial charge < -0.3 is 0 Å². The number of Topliss-reactive ketones (excluding diaryl/α,β-unsaturated/α-hetero) is 1. The average molecular weight is 419 g/mol. The third-order valence-corrected chi connectivity index (χ3v) is 5.29. The molecular formula is C18H15BrN2O3S. The number of thiophene rings is 1. The van der Waals surface area contributed by atoms with Crippen molar-refractivity contribution >= 4 is 33.0 Å². The van der Waals surface area contributed by atoms with Gasteiger partial charge in [0.25, 0.3) is 5.56 Å². The Kier molecular flexibility index (Phi) is 5.15. The minimum atomic E-state index is -0.504. The Hall–Kier alpha value is -2.25. The molecule has 2 heterocycles. The zero-order valence-electron chi connectivity index (χ0n) is 13.4. The zero-order chi connectivity index (χ0) is 18.0. The van der Waals surface area contributed by atoms with E-state index in [9.17, 15) is 14.4 Å². The standard InChI is InChI=1S/C18H15BrN2O3S/c1-12-7-8-16(25-12)15(22)11-21-17(23)14(19)10-20(18(21)24)9-13-5-3-2-4-6-13/h2-8,10H,9,11H2,1H3. The number of rotatable bonds is 5. The van der Waals surface area contributed by atoms with Crippen LogP contribution in [0, 0.1) is 6.92 Å². The van der Waals surface area contributed by atoms with E-state index in [2.05, 4.69) is 15.9 Å². The summed E-state index contributed by atoms with van der Waals surface area (Å²) in [6.45, 7) is 1.95. The molecule has 0 aliphatic rings. The maximum absolute atomic E-state index is 12.7. The van der Waals surface area contributed by atoms with Crippen LogP contribution < -0.4 is 11.2 Å². The molecule has 0 unspecified atom stereocenters. The van der Waals surface area contributed by atoms with E-state index in [0.717, 1.165) is 15.0 Å². The maximum Gasteiger partial charge on any atom is 0.331 e. The topological polar surface area (TPSA) is 61.1 Å². The molecule has 1 aromatic carbocycles. The third kappa shape index (κ3) is 3.88. The lowest BCUT2D eigenvalue weighted by Gasteiger charge is -2.10. The van der Waals surface area contributed by atoms with Gasteiger partial charge in [0, 0.05) is 11.1 Å². The Bertz CT molecular complexity index is 1030. The number of benzene rings is 1. The van der Waals surface area contributed by atoms with Crippen LogP contribution in [0.2, 0.25) is 0 Å². The normalized spacial score (nSPS) is 10.8. The summed E-state index contributed by atoms with van der Waals surface area (Å²) in [6, 6.07) is 13.0. The second kappa shape index (κ2) is 7.33. The summed E-state index contributed by atoms with van der Waals surface area (Å²) in [7, 11) is 0. The van der Waals surface area contributed by atoms with Crippen molar-refractivity contribution in [3.8, 4) is 0 Å². The van der Waals surface area contributed by atoms with E-state index in [4.69, 9.17) is 0 Å². The highest BCUT2D eigenvalue weighted by atomic mass is 79.9. The number of carbonyl (C=O) groups is 1. The van der Waals surface area contributed by atoms with Gasteiger partial charge in [0.05, 0.1) is 22.4 Å². The summed E-state index contributed by atoms with van der Waals surface area (Å²) in [5.41, 5.74) is -0.0727. The van der Waals surface area contributed by atoms with E-state index in [1.54, 1.807) is 6.07 Å². The van der Waals surface area contributed by atoms with E-state index in [1.165, 1.54) is 22.1 Å². The number of ketones is 1. The number of aromatic nitrogens is 2. The molecule has 0 N–H and O–H groups in total. The summed E-state index contributed by atoms with van der Waals surface area (Å²) in [5, 5.41) is 0. The van der Waals surface area contributed by atoms with Crippen LogP contribution in [0.1, 0.15) is 20.1 Å². The minimum absolute atomic E-state index is 0.248. The fourth-order valence-corrected chi connectivity index (χ4v) is 3.72. The Balaban J connectivity index is 1.97. The molecule has 7 heteroatoms. The SMILES string of the molecule is Cc1ccc(C(=O)Cn2c(=O)c(Br)cn(Cc3ccccc3)c2=O)s1. The highest BCUT2D eigenvalue weighted by Gasteiger charge is 2.15. The van der Waals surface area contributed by atoms with Crippen molar-refractivity contribution in [2.75, 3.05) is 0 Å². The molecule has 0 amide bonds. The molecule has 3 aromatic rings. The van der Waals surface area contributed by atoms with Crippen molar-refractivity contribution in [2.45, 2.75) is 20.0 Å². The smallest absolute Gasteiger partial charge is 0.295 e. The first-order valence-electron chi connectivity index (χ1n) is 7.59. The summed E-state index contributed by atoms with van der Waals surface area (Å²) >= 11 is 4.55. The van der Waals surface area contributed by atoms with E-state index in [1.807, 2.05) is 43.3 Å². The van der Waals surface area contributed by atoms with Crippen molar-refractivity contribution < 1.29 is 4.79 Å². The van der Waals surface area contributed by atoms with E-state index in [-0.39, 0.29) is 16.8 Å². The van der Waals surface area contributed by atoms with Crippen molar-refractivity contribution in [3.05, 3.63) is 89.3 Å². The Labute approximate surface area is 156 Å². The number of hydrogen-bond donors (Lipinski definition) is 0. The zero-order valence-corrected chi connectivity index (χ0v) is 15.8. The molecule has 25 heavy (non-hydrogen) atoms. The van der Waals surface area contributed by atoms with Crippen molar-refractivity contribution in [2.24, 2.45) is 0 Å². The summed E-state index contributed by atoms with van der Waals surface area (Å²) in [5.74, 6) is -0.248. The van der Waals surface area contributed by atoms with Crippen molar-refractivity contribution in [1.29, 1.82) is 0 Å². The molecule has 0 aliphatic heterocycles. The average Bonchev–Trinajstić information content (AvgIpc) is 3.04. The molecule has 5 nitrogen and oxygen atoms in total. The minimum Gasteiger partial charge on any atom is -0.295 e. The fraction of sp³-hybridized carbons (Fsp3) is 0.167. The summed E-state index contributed by atoms with van der Waals surface area (Å²) < 4.78 is 2.65. The van der Waals surface area contributed by atoms with Crippen LogP contribution in [0.25, 0.3) is 0 Å². The van der Waals surface area contributed by atoms with Crippen LogP contribution in [0.3, 0.4) is 0 Å². The van der Waals surface area contributed by atoms with Gasteiger partial charge in [0.15, 0.2) is 5.78 Å². The Morgan fingerprint density at radius 3 is 2.48 bits per heavy atom. The largest absolute Gasteiger partial charge is 0.331 e. The maximum atomic E-state index is 12.7. The van der Waals surface area contributed by atoms with Gasteiger partial charge in [-0.15, -0.1) is 11.3 Å². The molecule has 0 fully saturated rings. The van der Waals surface area contributed by atoms with Crippen molar-refractivity contribution in [1.82, 2.24) is 9.13 Å². The molecule has 3 rings (SSSR count). The number of carbonyl (C=O) groups excluding carboxylic acids is 1. The highest BCUT2D eigenvalue weighted by Crippen LogP contribution is 2.16. The molecular weight excluding hydrogens is 404 g/mol. The second-order valence-electron chi connectivity index (χ2n) is 5.60. The Morgan fingerprint density at radius 2 is 1.84 bits per heavy atom. The van der Waals surface area contributed by atoms with Gasteiger partial charge in [-0.05, 0) is 40.5 Å². The summed E-state index contributed by atoms with van der Waals surface area (Å²) in [4.78, 5) is 38.9. The van der Waals surface area contributed by atoms with E-state index in [0.29, 0.717) is 11.4 Å². The molecule has 0 saturated heterocycles. The number of hydrogen-bond acceptors (Lipinski definition) is 4. The van der Waals surface area contributed by atoms with Gasteiger partial charge in [-0.25, -0.2) is 4.79 Å². The van der Waals surface area contributed by atoms with Crippen molar-refractivity contribution in [3.63, 3.8) is 0 Å². The van der Waals surface area contributed by atoms with E-state index >= 15 is 0 Å². The highest BCUT2D eigenvalue weighted by molar-refractivity contribution is 9.10. The lowest BCUT2D eigenvalue weighted by Crippen LogP contribution is -2.41. The Morgan fingerprint density at radius 1 is 1.12 bits per heavy atom. The molecule has 0 aliphatic carbocycles. The fourth-order valence-electron chi connectivity index (χ4n) is 2.46.